The maximum Gasteiger partial charge on any atom is 0.144 e. The van der Waals surface area contributed by atoms with E-state index in [9.17, 15) is 4.79 Å². The predicted octanol–water partition coefficient (Wildman–Crippen LogP) is 3.44. The Morgan fingerprint density at radius 1 is 1.21 bits per heavy atom. The van der Waals surface area contributed by atoms with Crippen LogP contribution >= 0.6 is 0 Å². The van der Waals surface area contributed by atoms with Gasteiger partial charge in [-0.2, -0.15) is 0 Å². The largest absolute Gasteiger partial charge is 0.329 e. The number of rotatable bonds is 5. The second-order valence-corrected chi connectivity index (χ2v) is 6.19. The van der Waals surface area contributed by atoms with Crippen LogP contribution in [0.4, 0.5) is 0 Å². The maximum absolute atomic E-state index is 12.5. The summed E-state index contributed by atoms with van der Waals surface area (Å²) in [6.45, 7) is 4.88. The van der Waals surface area contributed by atoms with Gasteiger partial charge in [0.05, 0.1) is 0 Å². The first-order valence-electron chi connectivity index (χ1n) is 7.39. The lowest BCUT2D eigenvalue weighted by Crippen LogP contribution is -2.37. The summed E-state index contributed by atoms with van der Waals surface area (Å²) in [5, 5.41) is 0. The molecule has 19 heavy (non-hydrogen) atoms. The third-order valence-corrected chi connectivity index (χ3v) is 4.55. The van der Waals surface area contributed by atoms with Crippen molar-refractivity contribution >= 4 is 5.78 Å². The van der Waals surface area contributed by atoms with Crippen molar-refractivity contribution in [3.8, 4) is 0 Å². The predicted molar refractivity (Wildman–Crippen MR) is 79.2 cm³/mol. The fraction of sp³-hybridized carbons (Fsp3) is 0.588. The first kappa shape index (κ1) is 14.3. The van der Waals surface area contributed by atoms with Gasteiger partial charge >= 0.3 is 0 Å². The van der Waals surface area contributed by atoms with Gasteiger partial charge in [-0.1, -0.05) is 51.0 Å². The van der Waals surface area contributed by atoms with Crippen molar-refractivity contribution in [3.63, 3.8) is 0 Å². The van der Waals surface area contributed by atoms with Gasteiger partial charge in [0.1, 0.15) is 5.78 Å². The van der Waals surface area contributed by atoms with Gasteiger partial charge in [-0.15, -0.1) is 0 Å². The summed E-state index contributed by atoms with van der Waals surface area (Å²) in [4.78, 5) is 12.5. The van der Waals surface area contributed by atoms with Crippen molar-refractivity contribution in [1.29, 1.82) is 0 Å². The van der Waals surface area contributed by atoms with Gasteiger partial charge in [-0.25, -0.2) is 0 Å². The minimum Gasteiger partial charge on any atom is -0.329 e. The number of Topliss-reactive ketones (excluding diaryl/α,β-unsaturated/α-hetero) is 1. The number of ketones is 1. The molecule has 2 nitrogen and oxygen atoms in total. The summed E-state index contributed by atoms with van der Waals surface area (Å²) < 4.78 is 0. The molecule has 1 aromatic carbocycles. The Morgan fingerprint density at radius 3 is 2.26 bits per heavy atom. The number of hydrogen-bond acceptors (Lipinski definition) is 2. The summed E-state index contributed by atoms with van der Waals surface area (Å²) in [5.74, 6) is 0.875. The molecule has 0 atom stereocenters. The lowest BCUT2D eigenvalue weighted by molar-refractivity contribution is -0.127. The fourth-order valence-electron chi connectivity index (χ4n) is 3.04. The highest BCUT2D eigenvalue weighted by atomic mass is 16.1. The topological polar surface area (TPSA) is 43.1 Å². The normalized spacial score (nSPS) is 17.9. The van der Waals surface area contributed by atoms with E-state index >= 15 is 0 Å². The van der Waals surface area contributed by atoms with E-state index in [0.717, 1.165) is 31.2 Å². The van der Waals surface area contributed by atoms with Crippen LogP contribution in [-0.2, 0) is 11.2 Å². The van der Waals surface area contributed by atoms with E-state index in [0.29, 0.717) is 24.7 Å². The summed E-state index contributed by atoms with van der Waals surface area (Å²) in [6, 6.07) is 8.45. The Labute approximate surface area is 116 Å². The highest BCUT2D eigenvalue weighted by Gasteiger charge is 2.38. The molecule has 0 aliphatic heterocycles. The third kappa shape index (κ3) is 3.06. The summed E-state index contributed by atoms with van der Waals surface area (Å²) >= 11 is 0. The zero-order chi connectivity index (χ0) is 13.9. The lowest BCUT2D eigenvalue weighted by Gasteiger charge is -2.25. The molecule has 1 fully saturated rings. The second kappa shape index (κ2) is 5.87. The fourth-order valence-corrected chi connectivity index (χ4v) is 3.04. The molecule has 2 rings (SSSR count). The maximum atomic E-state index is 12.5. The van der Waals surface area contributed by atoms with Crippen LogP contribution < -0.4 is 5.73 Å². The molecule has 0 radical (unpaired) electrons. The Morgan fingerprint density at radius 2 is 1.79 bits per heavy atom. The smallest absolute Gasteiger partial charge is 0.144 e. The molecule has 1 aromatic rings. The van der Waals surface area contributed by atoms with Gasteiger partial charge in [0.15, 0.2) is 0 Å². The molecule has 0 saturated heterocycles. The summed E-state index contributed by atoms with van der Waals surface area (Å²) in [6.07, 6.45) is 4.79. The van der Waals surface area contributed by atoms with E-state index in [4.69, 9.17) is 5.73 Å². The molecule has 1 saturated carbocycles. The highest BCUT2D eigenvalue weighted by molar-refractivity contribution is 5.87. The van der Waals surface area contributed by atoms with Crippen LogP contribution in [0, 0.1) is 5.41 Å². The average Bonchev–Trinajstić information content (AvgIpc) is 2.89. The molecule has 0 bridgehead atoms. The van der Waals surface area contributed by atoms with Gasteiger partial charge in [-0.3, -0.25) is 4.79 Å². The molecule has 0 unspecified atom stereocenters. The highest BCUT2D eigenvalue weighted by Crippen LogP contribution is 2.38. The number of benzene rings is 1. The lowest BCUT2D eigenvalue weighted by atomic mass is 9.79. The summed E-state index contributed by atoms with van der Waals surface area (Å²) in [5.41, 5.74) is 8.09. The summed E-state index contributed by atoms with van der Waals surface area (Å²) in [7, 11) is 0. The molecular weight excluding hydrogens is 234 g/mol. The van der Waals surface area contributed by atoms with E-state index in [2.05, 4.69) is 38.1 Å². The standard InChI is InChI=1S/C17H25NO/c1-13(2)15-7-5-14(6-8-15)11-16(19)17(12-18)9-3-4-10-17/h5-8,13H,3-4,9-12,18H2,1-2H3. The molecule has 0 aromatic heterocycles. The molecule has 1 aliphatic carbocycles. The zero-order valence-corrected chi connectivity index (χ0v) is 12.1. The van der Waals surface area contributed by atoms with E-state index in [-0.39, 0.29) is 5.41 Å². The van der Waals surface area contributed by atoms with Gasteiger partial charge in [-0.05, 0) is 29.9 Å². The Balaban J connectivity index is 2.06. The SMILES string of the molecule is CC(C)c1ccc(CC(=O)C2(CN)CCCC2)cc1. The third-order valence-electron chi connectivity index (χ3n) is 4.55. The first-order valence-corrected chi connectivity index (χ1v) is 7.39. The molecule has 1 aliphatic rings. The number of carbonyl (C=O) groups is 1. The molecular formula is C17H25NO. The molecule has 2 heteroatoms. The quantitative estimate of drug-likeness (QED) is 0.880. The van der Waals surface area contributed by atoms with Crippen LogP contribution in [0.3, 0.4) is 0 Å². The number of nitrogens with two attached hydrogens (primary N) is 1. The van der Waals surface area contributed by atoms with E-state index in [1.54, 1.807) is 0 Å². The van der Waals surface area contributed by atoms with Gasteiger partial charge < -0.3 is 5.73 Å². The molecule has 0 amide bonds. The van der Waals surface area contributed by atoms with Crippen LogP contribution in [0.5, 0.6) is 0 Å². The average molecular weight is 259 g/mol. The van der Waals surface area contributed by atoms with Crippen molar-refractivity contribution in [1.82, 2.24) is 0 Å². The van der Waals surface area contributed by atoms with Crippen molar-refractivity contribution in [2.75, 3.05) is 6.54 Å². The van der Waals surface area contributed by atoms with Gasteiger partial charge in [0.2, 0.25) is 0 Å². The minimum absolute atomic E-state index is 0.225. The Bertz CT molecular complexity index is 427. The van der Waals surface area contributed by atoms with Crippen LogP contribution in [0.15, 0.2) is 24.3 Å². The monoisotopic (exact) mass is 259 g/mol. The molecule has 0 heterocycles. The molecule has 2 N–H and O–H groups in total. The Hall–Kier alpha value is -1.15. The van der Waals surface area contributed by atoms with Crippen LogP contribution in [-0.4, -0.2) is 12.3 Å². The number of carbonyl (C=O) groups excluding carboxylic acids is 1. The Kier molecular flexibility index (Phi) is 4.41. The second-order valence-electron chi connectivity index (χ2n) is 6.19. The van der Waals surface area contributed by atoms with Gasteiger partial charge in [0, 0.05) is 18.4 Å². The molecule has 0 spiro atoms. The van der Waals surface area contributed by atoms with E-state index < -0.39 is 0 Å². The van der Waals surface area contributed by atoms with Crippen molar-refractivity contribution in [2.24, 2.45) is 11.1 Å². The van der Waals surface area contributed by atoms with E-state index in [1.807, 2.05) is 0 Å². The van der Waals surface area contributed by atoms with Crippen LogP contribution in [0.25, 0.3) is 0 Å². The van der Waals surface area contributed by atoms with E-state index in [1.165, 1.54) is 5.56 Å². The number of hydrogen-bond donors (Lipinski definition) is 1. The minimum atomic E-state index is -0.225. The zero-order valence-electron chi connectivity index (χ0n) is 12.1. The van der Waals surface area contributed by atoms with Crippen LogP contribution in [0.1, 0.15) is 56.6 Å². The van der Waals surface area contributed by atoms with Crippen molar-refractivity contribution in [2.45, 2.75) is 51.9 Å². The van der Waals surface area contributed by atoms with Crippen molar-refractivity contribution < 1.29 is 4.79 Å². The molecule has 104 valence electrons. The van der Waals surface area contributed by atoms with Crippen LogP contribution in [0.2, 0.25) is 0 Å². The van der Waals surface area contributed by atoms with Gasteiger partial charge in [0.25, 0.3) is 0 Å². The van der Waals surface area contributed by atoms with Crippen molar-refractivity contribution in [3.05, 3.63) is 35.4 Å². The first-order chi connectivity index (χ1) is 9.07.